The number of aliphatic carboxylic acids is 1. The summed E-state index contributed by atoms with van der Waals surface area (Å²) in [7, 11) is 0. The summed E-state index contributed by atoms with van der Waals surface area (Å²) in [5.74, 6) is -0.646. The predicted octanol–water partition coefficient (Wildman–Crippen LogP) is 1.28. The molecule has 5 nitrogen and oxygen atoms in total. The molecule has 1 unspecified atom stereocenters. The second-order valence-corrected chi connectivity index (χ2v) is 6.10. The predicted molar refractivity (Wildman–Crippen MR) is 77.9 cm³/mol. The maximum Gasteiger partial charge on any atom is 0.311 e. The highest BCUT2D eigenvalue weighted by molar-refractivity contribution is 5.75. The van der Waals surface area contributed by atoms with Crippen molar-refractivity contribution in [2.75, 3.05) is 45.9 Å². The molecule has 2 aliphatic rings. The number of hydrogen-bond donors (Lipinski definition) is 1. The summed E-state index contributed by atoms with van der Waals surface area (Å²) in [5, 5.41) is 9.62. The summed E-state index contributed by atoms with van der Waals surface area (Å²) in [6, 6.07) is 0.593. The fourth-order valence-electron chi connectivity index (χ4n) is 3.62. The van der Waals surface area contributed by atoms with Crippen molar-refractivity contribution in [1.29, 1.82) is 0 Å². The molecule has 2 fully saturated rings. The summed E-state index contributed by atoms with van der Waals surface area (Å²) in [6.45, 7) is 10.4. The minimum absolute atomic E-state index is 0.583. The molecule has 5 heteroatoms. The minimum atomic E-state index is -0.646. The average Bonchev–Trinajstić information content (AvgIpc) is 2.89. The van der Waals surface area contributed by atoms with Gasteiger partial charge in [-0.05, 0) is 38.9 Å². The molecular weight excluding hydrogens is 256 g/mol. The topological polar surface area (TPSA) is 53.0 Å². The van der Waals surface area contributed by atoms with Crippen molar-refractivity contribution >= 4 is 5.97 Å². The third kappa shape index (κ3) is 3.32. The lowest BCUT2D eigenvalue weighted by Gasteiger charge is -2.36. The summed E-state index contributed by atoms with van der Waals surface area (Å²) >= 11 is 0. The van der Waals surface area contributed by atoms with Crippen LogP contribution in [0.25, 0.3) is 0 Å². The van der Waals surface area contributed by atoms with E-state index < -0.39 is 11.4 Å². The van der Waals surface area contributed by atoms with E-state index >= 15 is 0 Å². The first kappa shape index (κ1) is 15.7. The Labute approximate surface area is 121 Å². The van der Waals surface area contributed by atoms with Gasteiger partial charge in [0.25, 0.3) is 0 Å². The standard InChI is InChI=1S/C15H28N2O3/c1-3-17(4-2)13-5-8-16(11-13)12-15(14(18)19)6-9-20-10-7-15/h13H,3-12H2,1-2H3,(H,18,19). The number of carbonyl (C=O) groups is 1. The molecule has 2 saturated heterocycles. The lowest BCUT2D eigenvalue weighted by Crippen LogP contribution is -2.47. The van der Waals surface area contributed by atoms with E-state index in [-0.39, 0.29) is 0 Å². The van der Waals surface area contributed by atoms with Crippen LogP contribution in [0.2, 0.25) is 0 Å². The highest BCUT2D eigenvalue weighted by Crippen LogP contribution is 2.33. The van der Waals surface area contributed by atoms with Crippen LogP contribution in [0.4, 0.5) is 0 Å². The Balaban J connectivity index is 1.94. The normalized spacial score (nSPS) is 27.1. The van der Waals surface area contributed by atoms with Crippen molar-refractivity contribution in [3.63, 3.8) is 0 Å². The van der Waals surface area contributed by atoms with Crippen molar-refractivity contribution in [2.24, 2.45) is 5.41 Å². The monoisotopic (exact) mass is 284 g/mol. The maximum absolute atomic E-state index is 11.7. The van der Waals surface area contributed by atoms with Crippen LogP contribution in [0.3, 0.4) is 0 Å². The highest BCUT2D eigenvalue weighted by atomic mass is 16.5. The van der Waals surface area contributed by atoms with Gasteiger partial charge in [-0.1, -0.05) is 13.8 Å². The van der Waals surface area contributed by atoms with E-state index in [0.29, 0.717) is 38.6 Å². The lowest BCUT2D eigenvalue weighted by molar-refractivity contribution is -0.156. The molecule has 1 N–H and O–H groups in total. The van der Waals surface area contributed by atoms with E-state index in [0.717, 1.165) is 32.6 Å². The van der Waals surface area contributed by atoms with E-state index in [1.165, 1.54) is 0 Å². The Hall–Kier alpha value is -0.650. The van der Waals surface area contributed by atoms with Gasteiger partial charge in [0, 0.05) is 32.3 Å². The van der Waals surface area contributed by atoms with E-state index in [4.69, 9.17) is 4.74 Å². The number of carboxylic acid groups (broad SMARTS) is 1. The van der Waals surface area contributed by atoms with Crippen LogP contribution in [0.1, 0.15) is 33.1 Å². The minimum Gasteiger partial charge on any atom is -0.481 e. The van der Waals surface area contributed by atoms with Crippen molar-refractivity contribution in [1.82, 2.24) is 9.80 Å². The van der Waals surface area contributed by atoms with Crippen molar-refractivity contribution < 1.29 is 14.6 Å². The van der Waals surface area contributed by atoms with Crippen molar-refractivity contribution in [2.45, 2.75) is 39.2 Å². The van der Waals surface area contributed by atoms with E-state index in [1.807, 2.05) is 0 Å². The van der Waals surface area contributed by atoms with Crippen LogP contribution in [-0.4, -0.2) is 72.9 Å². The molecule has 116 valence electrons. The fraction of sp³-hybridized carbons (Fsp3) is 0.933. The molecule has 0 spiro atoms. The molecule has 0 aliphatic carbocycles. The van der Waals surface area contributed by atoms with Crippen LogP contribution in [-0.2, 0) is 9.53 Å². The number of likely N-dealkylation sites (N-methyl/N-ethyl adjacent to an activating group) is 1. The van der Waals surface area contributed by atoms with E-state index in [9.17, 15) is 9.90 Å². The lowest BCUT2D eigenvalue weighted by atomic mass is 9.80. The average molecular weight is 284 g/mol. The maximum atomic E-state index is 11.7. The van der Waals surface area contributed by atoms with Crippen LogP contribution in [0, 0.1) is 5.41 Å². The number of likely N-dealkylation sites (tertiary alicyclic amines) is 1. The van der Waals surface area contributed by atoms with Gasteiger partial charge in [-0.2, -0.15) is 0 Å². The van der Waals surface area contributed by atoms with E-state index in [1.54, 1.807) is 0 Å². The van der Waals surface area contributed by atoms with Crippen molar-refractivity contribution in [3.05, 3.63) is 0 Å². The molecule has 0 radical (unpaired) electrons. The molecule has 2 aliphatic heterocycles. The number of nitrogens with zero attached hydrogens (tertiary/aromatic N) is 2. The Morgan fingerprint density at radius 1 is 1.35 bits per heavy atom. The molecule has 2 rings (SSSR count). The van der Waals surface area contributed by atoms with Gasteiger partial charge in [0.15, 0.2) is 0 Å². The van der Waals surface area contributed by atoms with Gasteiger partial charge in [-0.3, -0.25) is 9.69 Å². The second kappa shape index (κ2) is 6.87. The number of carboxylic acids is 1. The highest BCUT2D eigenvalue weighted by Gasteiger charge is 2.43. The number of hydrogen-bond acceptors (Lipinski definition) is 4. The number of rotatable bonds is 6. The van der Waals surface area contributed by atoms with Gasteiger partial charge in [-0.25, -0.2) is 0 Å². The molecule has 1 atom stereocenters. The molecule has 0 amide bonds. The molecule has 0 aromatic carbocycles. The zero-order valence-corrected chi connectivity index (χ0v) is 12.8. The second-order valence-electron chi connectivity index (χ2n) is 6.10. The molecular formula is C15H28N2O3. The molecule has 20 heavy (non-hydrogen) atoms. The summed E-state index contributed by atoms with van der Waals surface area (Å²) in [5.41, 5.74) is -0.587. The molecule has 0 aromatic heterocycles. The third-order valence-corrected chi connectivity index (χ3v) is 5.01. The number of ether oxygens (including phenoxy) is 1. The van der Waals surface area contributed by atoms with Gasteiger partial charge in [0.1, 0.15) is 0 Å². The Morgan fingerprint density at radius 2 is 2.00 bits per heavy atom. The zero-order chi connectivity index (χ0) is 14.6. The van der Waals surface area contributed by atoms with Gasteiger partial charge >= 0.3 is 5.97 Å². The van der Waals surface area contributed by atoms with Gasteiger partial charge in [-0.15, -0.1) is 0 Å². The van der Waals surface area contributed by atoms with Crippen LogP contribution >= 0.6 is 0 Å². The molecule has 0 saturated carbocycles. The summed E-state index contributed by atoms with van der Waals surface area (Å²) in [4.78, 5) is 16.5. The molecule has 0 bridgehead atoms. The van der Waals surface area contributed by atoms with Crippen LogP contribution in [0.15, 0.2) is 0 Å². The first-order valence-corrected chi connectivity index (χ1v) is 7.89. The van der Waals surface area contributed by atoms with Crippen LogP contribution in [0.5, 0.6) is 0 Å². The molecule has 2 heterocycles. The zero-order valence-electron chi connectivity index (χ0n) is 12.8. The van der Waals surface area contributed by atoms with Gasteiger partial charge in [0.2, 0.25) is 0 Å². The summed E-state index contributed by atoms with van der Waals surface area (Å²) in [6.07, 6.45) is 2.46. The fourth-order valence-corrected chi connectivity index (χ4v) is 3.62. The smallest absolute Gasteiger partial charge is 0.311 e. The van der Waals surface area contributed by atoms with Crippen LogP contribution < -0.4 is 0 Å². The first-order valence-electron chi connectivity index (χ1n) is 7.89. The molecule has 0 aromatic rings. The largest absolute Gasteiger partial charge is 0.481 e. The van der Waals surface area contributed by atoms with Crippen molar-refractivity contribution in [3.8, 4) is 0 Å². The SMILES string of the molecule is CCN(CC)C1CCN(CC2(C(=O)O)CCOCC2)C1. The van der Waals surface area contributed by atoms with Gasteiger partial charge < -0.3 is 14.7 Å². The first-order chi connectivity index (χ1) is 9.61. The Bertz CT molecular complexity index is 325. The quantitative estimate of drug-likeness (QED) is 0.796. The Morgan fingerprint density at radius 3 is 2.55 bits per heavy atom. The third-order valence-electron chi connectivity index (χ3n) is 5.01. The van der Waals surface area contributed by atoms with Gasteiger partial charge in [0.05, 0.1) is 5.41 Å². The summed E-state index contributed by atoms with van der Waals surface area (Å²) < 4.78 is 5.34. The Kier molecular flexibility index (Phi) is 5.41. The van der Waals surface area contributed by atoms with E-state index in [2.05, 4.69) is 23.6 Å².